The molecule has 1 rings (SSSR count). The van der Waals surface area contributed by atoms with E-state index in [-0.39, 0.29) is 18.4 Å². The summed E-state index contributed by atoms with van der Waals surface area (Å²) in [7, 11) is 0. The van der Waals surface area contributed by atoms with Crippen molar-refractivity contribution in [3.63, 3.8) is 0 Å². The maximum absolute atomic E-state index is 11.6. The molecule has 0 saturated carbocycles. The summed E-state index contributed by atoms with van der Waals surface area (Å²) in [6, 6.07) is 6.67. The van der Waals surface area contributed by atoms with Crippen LogP contribution in [0.5, 0.6) is 5.75 Å². The first-order valence-corrected chi connectivity index (χ1v) is 6.91. The Labute approximate surface area is 123 Å². The van der Waals surface area contributed by atoms with Crippen molar-refractivity contribution < 1.29 is 14.3 Å². The number of halogens is 1. The Morgan fingerprint density at radius 3 is 2.30 bits per heavy atom. The molecule has 0 spiro atoms. The molecule has 0 atom stereocenters. The lowest BCUT2D eigenvalue weighted by atomic mass is 10.0. The molecule has 0 saturated heterocycles. The van der Waals surface area contributed by atoms with Gasteiger partial charge in [-0.25, -0.2) is 0 Å². The van der Waals surface area contributed by atoms with Crippen LogP contribution in [0.1, 0.15) is 26.7 Å². The van der Waals surface area contributed by atoms with E-state index >= 15 is 0 Å². The van der Waals surface area contributed by atoms with E-state index in [9.17, 15) is 9.59 Å². The molecule has 20 heavy (non-hydrogen) atoms. The lowest BCUT2D eigenvalue weighted by molar-refractivity contribution is -0.132. The number of rotatable bonds is 6. The van der Waals surface area contributed by atoms with Gasteiger partial charge in [-0.15, -0.1) is 0 Å². The van der Waals surface area contributed by atoms with Crippen molar-refractivity contribution in [2.24, 2.45) is 5.92 Å². The third kappa shape index (κ3) is 5.48. The Morgan fingerprint density at radius 1 is 1.15 bits per heavy atom. The summed E-state index contributed by atoms with van der Waals surface area (Å²) in [4.78, 5) is 23.2. The number of hydrazine groups is 1. The molecule has 0 radical (unpaired) electrons. The molecule has 2 N–H and O–H groups in total. The molecule has 0 fully saturated rings. The van der Waals surface area contributed by atoms with E-state index in [1.165, 1.54) is 0 Å². The summed E-state index contributed by atoms with van der Waals surface area (Å²) in [5.74, 6) is -0.155. The summed E-state index contributed by atoms with van der Waals surface area (Å²) in [6.07, 6.45) is 1.47. The van der Waals surface area contributed by atoms with Crippen molar-refractivity contribution in [1.82, 2.24) is 10.9 Å². The van der Waals surface area contributed by atoms with Crippen LogP contribution in [0.2, 0.25) is 5.02 Å². The van der Waals surface area contributed by atoms with Crippen LogP contribution in [0, 0.1) is 5.92 Å². The molecule has 0 unspecified atom stereocenters. The zero-order valence-corrected chi connectivity index (χ0v) is 12.4. The van der Waals surface area contributed by atoms with Gasteiger partial charge in [0.05, 0.1) is 0 Å². The van der Waals surface area contributed by atoms with Gasteiger partial charge in [-0.3, -0.25) is 20.4 Å². The third-order valence-corrected chi connectivity index (χ3v) is 3.12. The summed E-state index contributed by atoms with van der Waals surface area (Å²) >= 11 is 5.73. The molecule has 1 aromatic carbocycles. The van der Waals surface area contributed by atoms with Crippen LogP contribution in [0.15, 0.2) is 24.3 Å². The van der Waals surface area contributed by atoms with E-state index in [4.69, 9.17) is 16.3 Å². The number of benzene rings is 1. The smallest absolute Gasteiger partial charge is 0.276 e. The second kappa shape index (κ2) is 8.43. The Bertz CT molecular complexity index is 444. The van der Waals surface area contributed by atoms with Gasteiger partial charge in [-0.2, -0.15) is 0 Å². The monoisotopic (exact) mass is 298 g/mol. The Balaban J connectivity index is 2.30. The van der Waals surface area contributed by atoms with Gasteiger partial charge in [0.25, 0.3) is 5.91 Å². The van der Waals surface area contributed by atoms with Gasteiger partial charge in [0.2, 0.25) is 5.91 Å². The van der Waals surface area contributed by atoms with Crippen molar-refractivity contribution in [2.45, 2.75) is 26.7 Å². The number of carbonyl (C=O) groups is 2. The summed E-state index contributed by atoms with van der Waals surface area (Å²) in [5.41, 5.74) is 4.71. The molecule has 0 bridgehead atoms. The second-order valence-corrected chi connectivity index (χ2v) is 4.73. The molecular weight excluding hydrogens is 280 g/mol. The molecule has 110 valence electrons. The molecule has 1 aromatic rings. The fourth-order valence-electron chi connectivity index (χ4n) is 1.61. The normalized spacial score (nSPS) is 10.2. The highest BCUT2D eigenvalue weighted by Gasteiger charge is 2.14. The maximum Gasteiger partial charge on any atom is 0.276 e. The predicted octanol–water partition coefficient (Wildman–Crippen LogP) is 2.30. The van der Waals surface area contributed by atoms with Crippen molar-refractivity contribution in [1.29, 1.82) is 0 Å². The summed E-state index contributed by atoms with van der Waals surface area (Å²) in [5, 5.41) is 0.597. The van der Waals surface area contributed by atoms with Crippen LogP contribution in [-0.2, 0) is 9.59 Å². The molecule has 2 amide bonds. The van der Waals surface area contributed by atoms with Crippen LogP contribution >= 0.6 is 11.6 Å². The number of amides is 2. The van der Waals surface area contributed by atoms with Crippen molar-refractivity contribution >= 4 is 23.4 Å². The van der Waals surface area contributed by atoms with Crippen molar-refractivity contribution in [3.05, 3.63) is 29.3 Å². The summed E-state index contributed by atoms with van der Waals surface area (Å²) < 4.78 is 5.25. The third-order valence-electron chi connectivity index (χ3n) is 2.87. The molecular formula is C14H19ClN2O3. The first-order valence-electron chi connectivity index (χ1n) is 6.53. The van der Waals surface area contributed by atoms with Crippen LogP contribution in [0.4, 0.5) is 0 Å². The molecule has 6 heteroatoms. The topological polar surface area (TPSA) is 67.4 Å². The van der Waals surface area contributed by atoms with Crippen LogP contribution in [-0.4, -0.2) is 18.4 Å². The van der Waals surface area contributed by atoms with Crippen molar-refractivity contribution in [2.75, 3.05) is 6.61 Å². The minimum absolute atomic E-state index is 0.0903. The van der Waals surface area contributed by atoms with Crippen LogP contribution in [0.3, 0.4) is 0 Å². The fraction of sp³-hybridized carbons (Fsp3) is 0.429. The molecule has 0 aliphatic rings. The van der Waals surface area contributed by atoms with E-state index in [0.29, 0.717) is 10.8 Å². The predicted molar refractivity (Wildman–Crippen MR) is 77.3 cm³/mol. The van der Waals surface area contributed by atoms with Gasteiger partial charge in [-0.05, 0) is 37.1 Å². The first kappa shape index (κ1) is 16.3. The molecule has 0 heterocycles. The number of hydrogen-bond donors (Lipinski definition) is 2. The Hall–Kier alpha value is -1.75. The second-order valence-electron chi connectivity index (χ2n) is 4.29. The van der Waals surface area contributed by atoms with Gasteiger partial charge >= 0.3 is 0 Å². The minimum Gasteiger partial charge on any atom is -0.484 e. The highest BCUT2D eigenvalue weighted by Crippen LogP contribution is 2.15. The van der Waals surface area contributed by atoms with E-state index < -0.39 is 5.91 Å². The summed E-state index contributed by atoms with van der Waals surface area (Å²) in [6.45, 7) is 3.68. The van der Waals surface area contributed by atoms with E-state index in [0.717, 1.165) is 12.8 Å². The Kier molecular flexibility index (Phi) is 6.87. The number of ether oxygens (including phenoxy) is 1. The number of nitrogens with one attached hydrogen (secondary N) is 2. The van der Waals surface area contributed by atoms with Gasteiger partial charge in [-0.1, -0.05) is 25.4 Å². The molecule has 0 aliphatic heterocycles. The number of hydrogen-bond acceptors (Lipinski definition) is 3. The fourth-order valence-corrected chi connectivity index (χ4v) is 1.73. The van der Waals surface area contributed by atoms with Crippen LogP contribution in [0.25, 0.3) is 0 Å². The van der Waals surface area contributed by atoms with Gasteiger partial charge in [0.15, 0.2) is 6.61 Å². The van der Waals surface area contributed by atoms with Gasteiger partial charge in [0, 0.05) is 10.9 Å². The van der Waals surface area contributed by atoms with Crippen LogP contribution < -0.4 is 15.6 Å². The maximum atomic E-state index is 11.6. The van der Waals surface area contributed by atoms with Gasteiger partial charge < -0.3 is 4.74 Å². The first-order chi connectivity index (χ1) is 9.56. The van der Waals surface area contributed by atoms with E-state index in [1.807, 2.05) is 13.8 Å². The average Bonchev–Trinajstić information content (AvgIpc) is 2.45. The van der Waals surface area contributed by atoms with Gasteiger partial charge in [0.1, 0.15) is 5.75 Å². The zero-order chi connectivity index (χ0) is 15.0. The molecule has 5 nitrogen and oxygen atoms in total. The highest BCUT2D eigenvalue weighted by atomic mass is 35.5. The SMILES string of the molecule is CCC(CC)C(=O)NNC(=O)COc1ccc(Cl)cc1. The Morgan fingerprint density at radius 2 is 1.75 bits per heavy atom. The zero-order valence-electron chi connectivity index (χ0n) is 11.6. The molecule has 0 aliphatic carbocycles. The average molecular weight is 299 g/mol. The van der Waals surface area contributed by atoms with E-state index in [2.05, 4.69) is 10.9 Å². The largest absolute Gasteiger partial charge is 0.484 e. The minimum atomic E-state index is -0.417. The standard InChI is InChI=1S/C14H19ClN2O3/c1-3-10(4-2)14(19)17-16-13(18)9-20-12-7-5-11(15)6-8-12/h5-8,10H,3-4,9H2,1-2H3,(H,16,18)(H,17,19). The lowest BCUT2D eigenvalue weighted by Gasteiger charge is -2.13. The number of carbonyl (C=O) groups excluding carboxylic acids is 2. The highest BCUT2D eigenvalue weighted by molar-refractivity contribution is 6.30. The van der Waals surface area contributed by atoms with Crippen molar-refractivity contribution in [3.8, 4) is 5.75 Å². The molecule has 0 aromatic heterocycles. The quantitative estimate of drug-likeness (QED) is 0.792. The lowest BCUT2D eigenvalue weighted by Crippen LogP contribution is -2.46. The van der Waals surface area contributed by atoms with E-state index in [1.54, 1.807) is 24.3 Å².